The minimum atomic E-state index is -0.727. The van der Waals surface area contributed by atoms with E-state index in [1.165, 1.54) is 23.8 Å². The number of benzene rings is 3. The molecule has 0 fully saturated rings. The molecule has 0 unspecified atom stereocenters. The molecule has 9 nitrogen and oxygen atoms in total. The number of hydrogen-bond acceptors (Lipinski definition) is 7. The summed E-state index contributed by atoms with van der Waals surface area (Å²) in [5, 5.41) is 4.62. The molecule has 5 rings (SSSR count). The number of esters is 2. The molecule has 4 aromatic rings. The zero-order valence-corrected chi connectivity index (χ0v) is 23.1. The Balaban J connectivity index is 1.33. The molecule has 1 aromatic heterocycles. The summed E-state index contributed by atoms with van der Waals surface area (Å²) in [5.74, 6) is 4.30. The maximum atomic E-state index is 12.9. The number of unbranched alkanes of at least 4 members (excludes halogenated alkanes) is 2. The average molecular weight is 562 g/mol. The molecular weight excluding hydrogens is 534 g/mol. The summed E-state index contributed by atoms with van der Waals surface area (Å²) in [6.45, 7) is 0.340. The van der Waals surface area contributed by atoms with Gasteiger partial charge >= 0.3 is 11.9 Å². The van der Waals surface area contributed by atoms with Gasteiger partial charge in [0.25, 0.3) is 11.8 Å². The van der Waals surface area contributed by atoms with E-state index >= 15 is 0 Å². The fraction of sp³-hybridized carbons (Fsp3) is 0.182. The maximum absolute atomic E-state index is 12.9. The van der Waals surface area contributed by atoms with Crippen LogP contribution in [0.5, 0.6) is 0 Å². The number of imide groups is 1. The van der Waals surface area contributed by atoms with Crippen molar-refractivity contribution in [1.82, 2.24) is 14.7 Å². The standard InChI is InChI=1S/C33H27N3O6/c1-41-32(39)27-28(34-36(29(27)33(40)42-2)24-16-7-5-8-17-24)23-15-12-14-22(21-23)13-6-3-4-11-20-35-30(37)25-18-9-10-19-26(25)31(35)38/h5,7-10,12,14-19,21H,3-4,11,20H2,1-2H3. The maximum Gasteiger partial charge on any atom is 0.357 e. The number of aromatic nitrogens is 2. The van der Waals surface area contributed by atoms with E-state index in [2.05, 4.69) is 16.9 Å². The second-order valence-corrected chi connectivity index (χ2v) is 9.45. The van der Waals surface area contributed by atoms with Crippen LogP contribution in [0.3, 0.4) is 0 Å². The van der Waals surface area contributed by atoms with Crippen LogP contribution in [0.25, 0.3) is 16.9 Å². The number of para-hydroxylation sites is 1. The Labute approximate surface area is 242 Å². The second kappa shape index (κ2) is 12.4. The van der Waals surface area contributed by atoms with Crippen molar-refractivity contribution in [2.24, 2.45) is 0 Å². The van der Waals surface area contributed by atoms with Crippen molar-refractivity contribution in [2.45, 2.75) is 19.3 Å². The van der Waals surface area contributed by atoms with Gasteiger partial charge in [0.15, 0.2) is 5.69 Å². The molecule has 1 aliphatic heterocycles. The molecule has 0 saturated heterocycles. The van der Waals surface area contributed by atoms with Crippen LogP contribution in [-0.2, 0) is 9.47 Å². The third kappa shape index (κ3) is 5.43. The van der Waals surface area contributed by atoms with E-state index in [-0.39, 0.29) is 28.8 Å². The van der Waals surface area contributed by atoms with Crippen LogP contribution >= 0.6 is 0 Å². The van der Waals surface area contributed by atoms with Crippen LogP contribution < -0.4 is 0 Å². The molecule has 0 saturated carbocycles. The lowest BCUT2D eigenvalue weighted by molar-refractivity contribution is 0.0549. The molecule has 0 N–H and O–H groups in total. The Morgan fingerprint density at radius 2 is 1.48 bits per heavy atom. The van der Waals surface area contributed by atoms with E-state index in [0.717, 1.165) is 0 Å². The lowest BCUT2D eigenvalue weighted by atomic mass is 10.0. The molecule has 0 bridgehead atoms. The van der Waals surface area contributed by atoms with Gasteiger partial charge in [-0.1, -0.05) is 54.3 Å². The number of fused-ring (bicyclic) bond motifs is 1. The number of nitrogens with zero attached hydrogens (tertiary/aromatic N) is 3. The first-order valence-corrected chi connectivity index (χ1v) is 13.3. The predicted octanol–water partition coefficient (Wildman–Crippen LogP) is 4.93. The van der Waals surface area contributed by atoms with E-state index in [0.29, 0.717) is 53.7 Å². The van der Waals surface area contributed by atoms with E-state index in [1.54, 1.807) is 66.7 Å². The molecule has 1 aliphatic rings. The monoisotopic (exact) mass is 561 g/mol. The van der Waals surface area contributed by atoms with Gasteiger partial charge in [-0.05, 0) is 49.2 Å². The SMILES string of the molecule is COC(=O)c1c(-c2cccc(C#CCCCCN3C(=O)c4ccccc4C3=O)c2)nn(-c2ccccc2)c1C(=O)OC. The van der Waals surface area contributed by atoms with Gasteiger partial charge in [0.2, 0.25) is 0 Å². The van der Waals surface area contributed by atoms with Crippen molar-refractivity contribution in [2.75, 3.05) is 20.8 Å². The number of hydrogen-bond donors (Lipinski definition) is 0. The van der Waals surface area contributed by atoms with Crippen LogP contribution in [-0.4, -0.2) is 59.2 Å². The fourth-order valence-electron chi connectivity index (χ4n) is 4.79. The van der Waals surface area contributed by atoms with Crippen LogP contribution in [0.15, 0.2) is 78.9 Å². The number of amides is 2. The second-order valence-electron chi connectivity index (χ2n) is 9.45. The molecule has 3 aromatic carbocycles. The average Bonchev–Trinajstić information content (AvgIpc) is 3.55. The highest BCUT2D eigenvalue weighted by atomic mass is 16.5. The lowest BCUT2D eigenvalue weighted by Crippen LogP contribution is -2.30. The van der Waals surface area contributed by atoms with Crippen LogP contribution in [0.1, 0.15) is 66.4 Å². The Morgan fingerprint density at radius 3 is 2.14 bits per heavy atom. The topological polar surface area (TPSA) is 108 Å². The lowest BCUT2D eigenvalue weighted by Gasteiger charge is -2.12. The smallest absolute Gasteiger partial charge is 0.357 e. The molecule has 0 radical (unpaired) electrons. The van der Waals surface area contributed by atoms with Crippen molar-refractivity contribution in [1.29, 1.82) is 0 Å². The Hall–Kier alpha value is -5.49. The van der Waals surface area contributed by atoms with Gasteiger partial charge in [0.1, 0.15) is 11.3 Å². The molecule has 0 aliphatic carbocycles. The van der Waals surface area contributed by atoms with Crippen molar-refractivity contribution >= 4 is 23.8 Å². The van der Waals surface area contributed by atoms with Crippen molar-refractivity contribution in [3.8, 4) is 28.8 Å². The van der Waals surface area contributed by atoms with E-state index in [1.807, 2.05) is 12.1 Å². The molecule has 0 atom stereocenters. The summed E-state index contributed by atoms with van der Waals surface area (Å²) >= 11 is 0. The number of carbonyl (C=O) groups excluding carboxylic acids is 4. The molecule has 2 amide bonds. The molecule has 210 valence electrons. The number of methoxy groups -OCH3 is 2. The van der Waals surface area contributed by atoms with Crippen LogP contribution in [0, 0.1) is 11.8 Å². The minimum Gasteiger partial charge on any atom is -0.465 e. The summed E-state index contributed by atoms with van der Waals surface area (Å²) in [7, 11) is 2.48. The van der Waals surface area contributed by atoms with E-state index in [9.17, 15) is 19.2 Å². The Morgan fingerprint density at radius 1 is 0.810 bits per heavy atom. The normalized spacial score (nSPS) is 12.0. The van der Waals surface area contributed by atoms with Gasteiger partial charge in [-0.2, -0.15) is 5.10 Å². The highest BCUT2D eigenvalue weighted by Crippen LogP contribution is 2.30. The quantitative estimate of drug-likeness (QED) is 0.130. The van der Waals surface area contributed by atoms with Crippen molar-refractivity contribution in [3.05, 3.63) is 107 Å². The number of ether oxygens (including phenoxy) is 2. The third-order valence-electron chi connectivity index (χ3n) is 6.83. The van der Waals surface area contributed by atoms with E-state index in [4.69, 9.17) is 9.47 Å². The van der Waals surface area contributed by atoms with Crippen molar-refractivity contribution in [3.63, 3.8) is 0 Å². The largest absolute Gasteiger partial charge is 0.465 e. The summed E-state index contributed by atoms with van der Waals surface area (Å²) in [5.41, 5.74) is 2.95. The molecule has 9 heteroatoms. The predicted molar refractivity (Wildman–Crippen MR) is 154 cm³/mol. The van der Waals surface area contributed by atoms with Crippen LogP contribution in [0.2, 0.25) is 0 Å². The Bertz CT molecular complexity index is 1710. The van der Waals surface area contributed by atoms with Crippen molar-refractivity contribution < 1.29 is 28.7 Å². The minimum absolute atomic E-state index is 0.00790. The van der Waals surface area contributed by atoms with Gasteiger partial charge < -0.3 is 9.47 Å². The first-order valence-electron chi connectivity index (χ1n) is 13.3. The highest BCUT2D eigenvalue weighted by Gasteiger charge is 2.34. The number of rotatable bonds is 8. The summed E-state index contributed by atoms with van der Waals surface area (Å²) in [6.07, 6.45) is 1.91. The molecular formula is C33H27N3O6. The molecule has 0 spiro atoms. The van der Waals surface area contributed by atoms with Crippen LogP contribution in [0.4, 0.5) is 0 Å². The third-order valence-corrected chi connectivity index (χ3v) is 6.83. The first kappa shape index (κ1) is 28.1. The van der Waals surface area contributed by atoms with Gasteiger partial charge in [-0.25, -0.2) is 14.3 Å². The highest BCUT2D eigenvalue weighted by molar-refractivity contribution is 6.21. The summed E-state index contributed by atoms with van der Waals surface area (Å²) < 4.78 is 11.4. The fourth-order valence-corrected chi connectivity index (χ4v) is 4.79. The van der Waals surface area contributed by atoms with Gasteiger partial charge in [-0.3, -0.25) is 14.5 Å². The molecule has 42 heavy (non-hydrogen) atoms. The molecule has 2 heterocycles. The summed E-state index contributed by atoms with van der Waals surface area (Å²) in [4.78, 5) is 52.0. The Kier molecular flexibility index (Phi) is 8.25. The van der Waals surface area contributed by atoms with Gasteiger partial charge in [0.05, 0.1) is 31.0 Å². The first-order chi connectivity index (χ1) is 20.4. The van der Waals surface area contributed by atoms with E-state index < -0.39 is 11.9 Å². The van der Waals surface area contributed by atoms with Gasteiger partial charge in [0, 0.05) is 24.1 Å². The summed E-state index contributed by atoms with van der Waals surface area (Å²) in [6, 6.07) is 23.0. The zero-order chi connectivity index (χ0) is 29.6. The number of carbonyl (C=O) groups is 4. The zero-order valence-electron chi connectivity index (χ0n) is 23.1. The van der Waals surface area contributed by atoms with Gasteiger partial charge in [-0.15, -0.1) is 0 Å².